The average molecular weight is 367 g/mol. The summed E-state index contributed by atoms with van der Waals surface area (Å²) in [5, 5.41) is 14.4. The Balaban J connectivity index is 1.75. The standard InChI is InChI=1S/C21H25N3O3/c1-16-6-8-17(9-7-16)15-22-21(25)18-10-11-19(20(14-18)24(26)27)23-12-4-2-3-5-13-23/h6-11,14H,2-5,12-13,15H2,1H3,(H,22,25). The maximum absolute atomic E-state index is 12.5. The highest BCUT2D eigenvalue weighted by molar-refractivity contribution is 5.95. The summed E-state index contributed by atoms with van der Waals surface area (Å²) in [6.07, 6.45) is 4.39. The highest BCUT2D eigenvalue weighted by Gasteiger charge is 2.22. The van der Waals surface area contributed by atoms with Crippen LogP contribution in [0.4, 0.5) is 11.4 Å². The van der Waals surface area contributed by atoms with Crippen LogP contribution in [0.5, 0.6) is 0 Å². The largest absolute Gasteiger partial charge is 0.366 e. The third-order valence-electron chi connectivity index (χ3n) is 4.95. The van der Waals surface area contributed by atoms with E-state index in [0.29, 0.717) is 17.8 Å². The van der Waals surface area contributed by atoms with Crippen LogP contribution in [0.15, 0.2) is 42.5 Å². The Morgan fingerprint density at radius 2 is 1.74 bits per heavy atom. The number of benzene rings is 2. The van der Waals surface area contributed by atoms with Gasteiger partial charge in [-0.05, 0) is 37.5 Å². The minimum Gasteiger partial charge on any atom is -0.366 e. The predicted molar refractivity (Wildman–Crippen MR) is 106 cm³/mol. The van der Waals surface area contributed by atoms with Crippen LogP contribution in [0, 0.1) is 17.0 Å². The molecule has 0 atom stereocenters. The van der Waals surface area contributed by atoms with Crippen LogP contribution >= 0.6 is 0 Å². The first-order valence-electron chi connectivity index (χ1n) is 9.42. The van der Waals surface area contributed by atoms with E-state index in [4.69, 9.17) is 0 Å². The van der Waals surface area contributed by atoms with E-state index in [-0.39, 0.29) is 11.6 Å². The van der Waals surface area contributed by atoms with E-state index < -0.39 is 4.92 Å². The molecule has 0 bridgehead atoms. The van der Waals surface area contributed by atoms with Gasteiger partial charge in [0.1, 0.15) is 5.69 Å². The number of aryl methyl sites for hydroxylation is 1. The quantitative estimate of drug-likeness (QED) is 0.634. The van der Waals surface area contributed by atoms with Crippen LogP contribution in [-0.2, 0) is 6.54 Å². The van der Waals surface area contributed by atoms with Crippen molar-refractivity contribution in [1.82, 2.24) is 5.32 Å². The summed E-state index contributed by atoms with van der Waals surface area (Å²) in [6.45, 7) is 4.04. The Morgan fingerprint density at radius 1 is 1.07 bits per heavy atom. The van der Waals surface area contributed by atoms with Crippen LogP contribution in [0.25, 0.3) is 0 Å². The molecule has 27 heavy (non-hydrogen) atoms. The highest BCUT2D eigenvalue weighted by atomic mass is 16.6. The number of amides is 1. The third-order valence-corrected chi connectivity index (χ3v) is 4.95. The molecule has 2 aromatic rings. The van der Waals surface area contributed by atoms with Crippen molar-refractivity contribution >= 4 is 17.3 Å². The lowest BCUT2D eigenvalue weighted by Gasteiger charge is -2.22. The smallest absolute Gasteiger partial charge is 0.293 e. The number of nitro benzene ring substituents is 1. The first-order chi connectivity index (χ1) is 13.0. The van der Waals surface area contributed by atoms with E-state index in [0.717, 1.165) is 49.9 Å². The fraction of sp³-hybridized carbons (Fsp3) is 0.381. The van der Waals surface area contributed by atoms with Crippen molar-refractivity contribution < 1.29 is 9.72 Å². The SMILES string of the molecule is Cc1ccc(CNC(=O)c2ccc(N3CCCCCC3)c([N+](=O)[O-])c2)cc1. The summed E-state index contributed by atoms with van der Waals surface area (Å²) in [5.41, 5.74) is 3.07. The molecule has 142 valence electrons. The van der Waals surface area contributed by atoms with Crippen molar-refractivity contribution in [1.29, 1.82) is 0 Å². The first-order valence-corrected chi connectivity index (χ1v) is 9.42. The number of anilines is 1. The molecule has 1 aliphatic heterocycles. The van der Waals surface area contributed by atoms with E-state index in [9.17, 15) is 14.9 Å². The van der Waals surface area contributed by atoms with Gasteiger partial charge in [-0.15, -0.1) is 0 Å². The topological polar surface area (TPSA) is 75.5 Å². The highest BCUT2D eigenvalue weighted by Crippen LogP contribution is 2.31. The molecular weight excluding hydrogens is 342 g/mol. The van der Waals surface area contributed by atoms with Crippen molar-refractivity contribution in [3.05, 3.63) is 69.3 Å². The second kappa shape index (κ2) is 8.66. The van der Waals surface area contributed by atoms with Crippen molar-refractivity contribution in [2.24, 2.45) is 0 Å². The molecule has 6 heteroatoms. The van der Waals surface area contributed by atoms with Gasteiger partial charge in [-0.1, -0.05) is 42.7 Å². The second-order valence-electron chi connectivity index (χ2n) is 7.03. The zero-order valence-electron chi connectivity index (χ0n) is 15.6. The van der Waals surface area contributed by atoms with E-state index in [1.807, 2.05) is 31.2 Å². The molecule has 1 heterocycles. The summed E-state index contributed by atoms with van der Waals surface area (Å²) in [7, 11) is 0. The van der Waals surface area contributed by atoms with Gasteiger partial charge < -0.3 is 10.2 Å². The average Bonchev–Trinajstić information content (AvgIpc) is 2.96. The minimum atomic E-state index is -0.392. The number of hydrogen-bond acceptors (Lipinski definition) is 4. The number of hydrogen-bond donors (Lipinski definition) is 1. The zero-order valence-corrected chi connectivity index (χ0v) is 15.6. The molecule has 1 fully saturated rings. The summed E-state index contributed by atoms with van der Waals surface area (Å²) >= 11 is 0. The van der Waals surface area contributed by atoms with Gasteiger partial charge >= 0.3 is 0 Å². The zero-order chi connectivity index (χ0) is 19.2. The predicted octanol–water partition coefficient (Wildman–Crippen LogP) is 4.21. The lowest BCUT2D eigenvalue weighted by atomic mass is 10.1. The molecule has 0 saturated carbocycles. The van der Waals surface area contributed by atoms with Crippen LogP contribution in [-0.4, -0.2) is 23.9 Å². The monoisotopic (exact) mass is 367 g/mol. The molecule has 0 unspecified atom stereocenters. The summed E-state index contributed by atoms with van der Waals surface area (Å²) < 4.78 is 0. The molecular formula is C21H25N3O3. The Labute approximate surface area is 159 Å². The van der Waals surface area contributed by atoms with E-state index in [2.05, 4.69) is 10.2 Å². The molecule has 2 aromatic carbocycles. The van der Waals surface area contributed by atoms with Gasteiger partial charge in [0.25, 0.3) is 11.6 Å². The number of nitrogens with one attached hydrogen (secondary N) is 1. The summed E-state index contributed by atoms with van der Waals surface area (Å²) in [5.74, 6) is -0.305. The van der Waals surface area contributed by atoms with Gasteiger partial charge in [-0.25, -0.2) is 0 Å². The van der Waals surface area contributed by atoms with Crippen LogP contribution in [0.2, 0.25) is 0 Å². The fourth-order valence-electron chi connectivity index (χ4n) is 3.38. The normalized spacial score (nSPS) is 14.5. The Morgan fingerprint density at radius 3 is 2.37 bits per heavy atom. The molecule has 1 aliphatic rings. The molecule has 1 N–H and O–H groups in total. The number of carbonyl (C=O) groups excluding carboxylic acids is 1. The van der Waals surface area contributed by atoms with Gasteiger partial charge in [0.15, 0.2) is 0 Å². The first kappa shape index (κ1) is 18.9. The summed E-state index contributed by atoms with van der Waals surface area (Å²) in [4.78, 5) is 25.7. The Kier molecular flexibility index (Phi) is 6.06. The number of carbonyl (C=O) groups is 1. The Hall–Kier alpha value is -2.89. The van der Waals surface area contributed by atoms with Gasteiger partial charge in [-0.3, -0.25) is 14.9 Å². The van der Waals surface area contributed by atoms with Crippen LogP contribution in [0.3, 0.4) is 0 Å². The maximum atomic E-state index is 12.5. The fourth-order valence-corrected chi connectivity index (χ4v) is 3.38. The van der Waals surface area contributed by atoms with E-state index >= 15 is 0 Å². The third kappa shape index (κ3) is 4.84. The van der Waals surface area contributed by atoms with Crippen LogP contribution in [0.1, 0.15) is 47.2 Å². The van der Waals surface area contributed by atoms with Crippen molar-refractivity contribution in [3.8, 4) is 0 Å². The van der Waals surface area contributed by atoms with Gasteiger partial charge in [-0.2, -0.15) is 0 Å². The second-order valence-corrected chi connectivity index (χ2v) is 7.03. The molecule has 0 aliphatic carbocycles. The molecule has 0 aromatic heterocycles. The number of nitrogens with zero attached hydrogens (tertiary/aromatic N) is 2. The molecule has 6 nitrogen and oxygen atoms in total. The van der Waals surface area contributed by atoms with Gasteiger partial charge in [0.2, 0.25) is 0 Å². The molecule has 0 radical (unpaired) electrons. The number of rotatable bonds is 5. The minimum absolute atomic E-state index is 0.000106. The van der Waals surface area contributed by atoms with E-state index in [1.165, 1.54) is 6.07 Å². The lowest BCUT2D eigenvalue weighted by molar-refractivity contribution is -0.384. The molecule has 3 rings (SSSR count). The van der Waals surface area contributed by atoms with E-state index in [1.54, 1.807) is 12.1 Å². The molecule has 0 spiro atoms. The van der Waals surface area contributed by atoms with Crippen molar-refractivity contribution in [2.45, 2.75) is 39.2 Å². The lowest BCUT2D eigenvalue weighted by Crippen LogP contribution is -2.26. The Bertz CT molecular complexity index is 810. The van der Waals surface area contributed by atoms with Crippen molar-refractivity contribution in [3.63, 3.8) is 0 Å². The van der Waals surface area contributed by atoms with Crippen molar-refractivity contribution in [2.75, 3.05) is 18.0 Å². The maximum Gasteiger partial charge on any atom is 0.293 e. The molecule has 1 amide bonds. The van der Waals surface area contributed by atoms with Gasteiger partial charge in [0, 0.05) is 31.3 Å². The van der Waals surface area contributed by atoms with Gasteiger partial charge in [0.05, 0.1) is 4.92 Å². The number of nitro groups is 1. The van der Waals surface area contributed by atoms with Crippen LogP contribution < -0.4 is 10.2 Å². The molecule has 1 saturated heterocycles. The summed E-state index contributed by atoms with van der Waals surface area (Å²) in [6, 6.07) is 12.7.